The maximum atomic E-state index is 12.6. The molecule has 2 amide bonds. The molecule has 6 rings (SSSR count). The van der Waals surface area contributed by atoms with Crippen molar-refractivity contribution in [2.24, 2.45) is 0 Å². The predicted molar refractivity (Wildman–Crippen MR) is 238 cm³/mol. The van der Waals surface area contributed by atoms with Crippen molar-refractivity contribution in [1.82, 2.24) is 10.6 Å². The predicted octanol–water partition coefficient (Wildman–Crippen LogP) is 10.8. The molecule has 4 N–H and O–H groups in total. The van der Waals surface area contributed by atoms with Gasteiger partial charge >= 0.3 is 0 Å². The van der Waals surface area contributed by atoms with Gasteiger partial charge in [0.2, 0.25) is 11.8 Å². The normalized spacial score (nSPS) is 12.2. The van der Waals surface area contributed by atoms with Crippen molar-refractivity contribution >= 4 is 46.3 Å². The number of nitrogens with one attached hydrogen (secondary N) is 2. The second-order valence-corrected chi connectivity index (χ2v) is 13.7. The van der Waals surface area contributed by atoms with E-state index in [2.05, 4.69) is 73.0 Å². The number of hydrogen-bond acceptors (Lipinski definition) is 4. The summed E-state index contributed by atoms with van der Waals surface area (Å²) in [5, 5.41) is 25.5. The monoisotopic (exact) mass is 764 g/mol. The van der Waals surface area contributed by atoms with Crippen LogP contribution in [-0.2, 0) is 9.59 Å². The fourth-order valence-corrected chi connectivity index (χ4v) is 6.97. The van der Waals surface area contributed by atoms with Crippen LogP contribution in [0.4, 0.5) is 0 Å². The van der Waals surface area contributed by atoms with Crippen LogP contribution in [0.1, 0.15) is 71.2 Å². The van der Waals surface area contributed by atoms with Crippen LogP contribution < -0.4 is 10.6 Å². The summed E-state index contributed by atoms with van der Waals surface area (Å²) in [7, 11) is 0. The van der Waals surface area contributed by atoms with Gasteiger partial charge in [0.1, 0.15) is 11.5 Å². The molecule has 0 aliphatic rings. The molecular formula is C52H48N2O4. The van der Waals surface area contributed by atoms with Crippen LogP contribution >= 0.6 is 0 Å². The van der Waals surface area contributed by atoms with Crippen LogP contribution in [0.25, 0.3) is 34.4 Å². The van der Waals surface area contributed by atoms with E-state index in [0.29, 0.717) is 0 Å². The maximum absolute atomic E-state index is 12.6. The van der Waals surface area contributed by atoms with E-state index in [9.17, 15) is 19.8 Å². The van der Waals surface area contributed by atoms with Crippen molar-refractivity contribution in [3.05, 3.63) is 214 Å². The standard InChI is InChI=1S/C52H48N2O4/c1-3-47(39-11-7-5-8-12-39)51(43-25-29-45(55)30-26-43)41-21-15-37(16-22-41)19-33-49(57)53-35-36-54-50(58)34-20-38-17-23-42(24-18-38)52(44-27-31-46(56)32-28-44)48(4-2)40-13-9-6-10-14-40/h5-34,55-56H,3-4,35-36H2,1-2H3,(H,53,57)(H,54,58)/b33-19+,34-20+,51-47-,52-48-. The first-order valence-corrected chi connectivity index (χ1v) is 19.6. The summed E-state index contributed by atoms with van der Waals surface area (Å²) >= 11 is 0. The largest absolute Gasteiger partial charge is 0.508 e. The Kier molecular flexibility index (Phi) is 14.0. The average molecular weight is 765 g/mol. The molecule has 0 saturated heterocycles. The smallest absolute Gasteiger partial charge is 0.244 e. The molecule has 0 heterocycles. The van der Waals surface area contributed by atoms with Gasteiger partial charge < -0.3 is 20.8 Å². The number of phenols is 2. The maximum Gasteiger partial charge on any atom is 0.244 e. The number of benzene rings is 6. The van der Waals surface area contributed by atoms with Crippen LogP contribution in [0.15, 0.2) is 170 Å². The zero-order valence-corrected chi connectivity index (χ0v) is 32.9. The molecule has 0 aliphatic heterocycles. The van der Waals surface area contributed by atoms with Crippen LogP contribution in [0.5, 0.6) is 11.5 Å². The van der Waals surface area contributed by atoms with E-state index in [-0.39, 0.29) is 36.4 Å². The molecule has 6 aromatic rings. The Morgan fingerprint density at radius 3 is 1.05 bits per heavy atom. The minimum absolute atomic E-state index is 0.220. The zero-order chi connectivity index (χ0) is 40.7. The highest BCUT2D eigenvalue weighted by Gasteiger charge is 2.15. The molecule has 0 radical (unpaired) electrons. The van der Waals surface area contributed by atoms with E-state index in [1.807, 2.05) is 84.9 Å². The summed E-state index contributed by atoms with van der Waals surface area (Å²) in [5.74, 6) is -0.0693. The van der Waals surface area contributed by atoms with Gasteiger partial charge in [-0.3, -0.25) is 9.59 Å². The number of carbonyl (C=O) groups excluding carboxylic acids is 2. The first-order valence-electron chi connectivity index (χ1n) is 19.6. The zero-order valence-electron chi connectivity index (χ0n) is 32.9. The highest BCUT2D eigenvalue weighted by atomic mass is 16.3. The van der Waals surface area contributed by atoms with Gasteiger partial charge in [0, 0.05) is 25.2 Å². The Hall–Kier alpha value is -7.18. The molecule has 290 valence electrons. The van der Waals surface area contributed by atoms with Gasteiger partial charge in [0.05, 0.1) is 0 Å². The van der Waals surface area contributed by atoms with E-state index < -0.39 is 0 Å². The summed E-state index contributed by atoms with van der Waals surface area (Å²) in [6, 6.07) is 51.3. The van der Waals surface area contributed by atoms with Crippen molar-refractivity contribution in [2.75, 3.05) is 13.1 Å². The Labute approximate surface area is 341 Å². The highest BCUT2D eigenvalue weighted by molar-refractivity contribution is 6.00. The molecule has 6 aromatic carbocycles. The molecule has 0 unspecified atom stereocenters. The quantitative estimate of drug-likeness (QED) is 0.0475. The Morgan fingerprint density at radius 2 is 0.741 bits per heavy atom. The first-order chi connectivity index (χ1) is 28.3. The molecule has 0 aliphatic carbocycles. The Bertz CT molecular complexity index is 2240. The van der Waals surface area contributed by atoms with Gasteiger partial charge in [-0.1, -0.05) is 147 Å². The number of aromatic hydroxyl groups is 2. The van der Waals surface area contributed by atoms with Gasteiger partial charge in [-0.25, -0.2) is 0 Å². The topological polar surface area (TPSA) is 98.7 Å². The van der Waals surface area contributed by atoms with Crippen LogP contribution in [0, 0.1) is 0 Å². The molecule has 0 spiro atoms. The summed E-state index contributed by atoms with van der Waals surface area (Å²) in [4.78, 5) is 25.2. The van der Waals surface area contributed by atoms with Crippen molar-refractivity contribution < 1.29 is 19.8 Å². The lowest BCUT2D eigenvalue weighted by Crippen LogP contribution is -2.33. The van der Waals surface area contributed by atoms with E-state index in [1.165, 1.54) is 23.3 Å². The molecule has 0 atom stereocenters. The van der Waals surface area contributed by atoms with Gasteiger partial charge in [0.25, 0.3) is 0 Å². The van der Waals surface area contributed by atoms with Gasteiger partial charge in [0.15, 0.2) is 0 Å². The van der Waals surface area contributed by atoms with Crippen LogP contribution in [-0.4, -0.2) is 35.1 Å². The minimum atomic E-state index is -0.254. The van der Waals surface area contributed by atoms with E-state index in [0.717, 1.165) is 68.5 Å². The lowest BCUT2D eigenvalue weighted by Gasteiger charge is -2.16. The lowest BCUT2D eigenvalue weighted by atomic mass is 9.88. The third-order valence-corrected chi connectivity index (χ3v) is 9.84. The highest BCUT2D eigenvalue weighted by Crippen LogP contribution is 2.36. The van der Waals surface area contributed by atoms with E-state index in [1.54, 1.807) is 36.4 Å². The fourth-order valence-electron chi connectivity index (χ4n) is 6.97. The molecule has 6 nitrogen and oxygen atoms in total. The average Bonchev–Trinajstić information content (AvgIpc) is 3.26. The summed E-state index contributed by atoms with van der Waals surface area (Å²) in [6.07, 6.45) is 8.16. The summed E-state index contributed by atoms with van der Waals surface area (Å²) < 4.78 is 0. The molecule has 0 fully saturated rings. The molecule has 0 bridgehead atoms. The van der Waals surface area contributed by atoms with E-state index >= 15 is 0 Å². The molecule has 6 heteroatoms. The Morgan fingerprint density at radius 1 is 0.431 bits per heavy atom. The van der Waals surface area contributed by atoms with Crippen molar-refractivity contribution in [1.29, 1.82) is 0 Å². The van der Waals surface area contributed by atoms with Crippen molar-refractivity contribution in [2.45, 2.75) is 26.7 Å². The first kappa shape index (κ1) is 40.5. The SMILES string of the molecule is CC/C(=C(/c1ccc(O)cc1)c1ccc(/C=C/C(=O)NCCNC(=O)/C=C/c2ccc(/C(=C(\CC)c3ccccc3)c3ccc(O)cc3)cc2)cc1)c1ccccc1. The number of allylic oxidation sites excluding steroid dienone is 2. The van der Waals surface area contributed by atoms with Gasteiger partial charge in [-0.05, 0) is 116 Å². The molecule has 58 heavy (non-hydrogen) atoms. The molecule has 0 saturated carbocycles. The number of carbonyl (C=O) groups is 2. The van der Waals surface area contributed by atoms with Crippen LogP contribution in [0.3, 0.4) is 0 Å². The second-order valence-electron chi connectivity index (χ2n) is 13.7. The lowest BCUT2D eigenvalue weighted by molar-refractivity contribution is -0.118. The number of phenolic OH excluding ortho intramolecular Hbond substituents is 2. The third kappa shape index (κ3) is 10.8. The number of amides is 2. The number of hydrogen-bond donors (Lipinski definition) is 4. The van der Waals surface area contributed by atoms with Crippen molar-refractivity contribution in [3.8, 4) is 11.5 Å². The summed E-state index contributed by atoms with van der Waals surface area (Å²) in [6.45, 7) is 4.85. The van der Waals surface area contributed by atoms with Gasteiger partial charge in [-0.15, -0.1) is 0 Å². The van der Waals surface area contributed by atoms with Crippen LogP contribution in [0.2, 0.25) is 0 Å². The van der Waals surface area contributed by atoms with E-state index in [4.69, 9.17) is 0 Å². The summed E-state index contributed by atoms with van der Waals surface area (Å²) in [5.41, 5.74) is 12.7. The molecule has 0 aromatic heterocycles. The number of rotatable bonds is 15. The second kappa shape index (κ2) is 20.1. The van der Waals surface area contributed by atoms with Gasteiger partial charge in [-0.2, -0.15) is 0 Å². The van der Waals surface area contributed by atoms with Crippen molar-refractivity contribution in [3.63, 3.8) is 0 Å². The Balaban J connectivity index is 1.03. The fraction of sp³-hybridized carbons (Fsp3) is 0.115. The third-order valence-electron chi connectivity index (χ3n) is 9.84. The minimum Gasteiger partial charge on any atom is -0.508 e. The molecular weight excluding hydrogens is 717 g/mol.